The highest BCUT2D eigenvalue weighted by Gasteiger charge is 2.51. The number of aliphatic hydroxyl groups is 1. The maximum atomic E-state index is 10.3. The Labute approximate surface area is 132 Å². The van der Waals surface area contributed by atoms with Crippen LogP contribution in [0.3, 0.4) is 0 Å². The fourth-order valence-corrected chi connectivity index (χ4v) is 4.78. The number of hydrogen-bond donors (Lipinski definition) is 1. The highest BCUT2D eigenvalue weighted by atomic mass is 31.0. The van der Waals surface area contributed by atoms with Crippen molar-refractivity contribution in [1.29, 1.82) is 0 Å². The van der Waals surface area contributed by atoms with Gasteiger partial charge in [0.15, 0.2) is 0 Å². The van der Waals surface area contributed by atoms with Crippen LogP contribution in [-0.4, -0.2) is 16.8 Å². The van der Waals surface area contributed by atoms with E-state index in [0.717, 1.165) is 12.8 Å². The van der Waals surface area contributed by atoms with Gasteiger partial charge in [-0.25, -0.2) is 0 Å². The van der Waals surface area contributed by atoms with E-state index < -0.39 is 0 Å². The second-order valence-corrected chi connectivity index (χ2v) is 8.10. The molecule has 0 aromatic heterocycles. The molecule has 2 rings (SSSR count). The summed E-state index contributed by atoms with van der Waals surface area (Å²) >= 11 is 0. The molecule has 0 heterocycles. The molecule has 2 aliphatic carbocycles. The van der Waals surface area contributed by atoms with Crippen LogP contribution in [0.1, 0.15) is 66.2 Å². The normalized spacial score (nSPS) is 37.5. The first kappa shape index (κ1) is 17.3. The largest absolute Gasteiger partial charge is 0.393 e. The summed E-state index contributed by atoms with van der Waals surface area (Å²) in [5.74, 6) is 8.35. The molecule has 0 spiro atoms. The van der Waals surface area contributed by atoms with Gasteiger partial charge in [0.05, 0.1) is 6.10 Å². The lowest BCUT2D eigenvalue weighted by Crippen LogP contribution is -2.41. The van der Waals surface area contributed by atoms with Crippen molar-refractivity contribution < 1.29 is 9.63 Å². The van der Waals surface area contributed by atoms with E-state index in [1.54, 1.807) is 0 Å². The Bertz CT molecular complexity index is 423. The lowest BCUT2D eigenvalue weighted by atomic mass is 9.61. The molecule has 2 aliphatic rings. The molecule has 6 atom stereocenters. The molecular formula is C18H31O2P. The molecule has 0 bridgehead atoms. The van der Waals surface area contributed by atoms with Crippen LogP contribution in [0.5, 0.6) is 0 Å². The Morgan fingerprint density at radius 1 is 1.38 bits per heavy atom. The topological polar surface area (TPSA) is 29.5 Å². The summed E-state index contributed by atoms with van der Waals surface area (Å²) < 4.78 is 5.27. The van der Waals surface area contributed by atoms with Crippen molar-refractivity contribution in [3.63, 3.8) is 0 Å². The van der Waals surface area contributed by atoms with Crippen LogP contribution in [0.15, 0.2) is 0 Å². The molecule has 0 amide bonds. The van der Waals surface area contributed by atoms with Crippen molar-refractivity contribution >= 4 is 9.47 Å². The van der Waals surface area contributed by atoms with Gasteiger partial charge < -0.3 is 9.63 Å². The van der Waals surface area contributed by atoms with Gasteiger partial charge >= 0.3 is 0 Å². The van der Waals surface area contributed by atoms with Gasteiger partial charge in [0.2, 0.25) is 0 Å². The van der Waals surface area contributed by atoms with Gasteiger partial charge in [0.1, 0.15) is 5.60 Å². The zero-order chi connectivity index (χ0) is 15.7. The third-order valence-electron chi connectivity index (χ3n) is 5.96. The Morgan fingerprint density at radius 3 is 2.76 bits per heavy atom. The van der Waals surface area contributed by atoms with Crippen LogP contribution in [0, 0.1) is 35.0 Å². The van der Waals surface area contributed by atoms with E-state index >= 15 is 0 Å². The zero-order valence-electron chi connectivity index (χ0n) is 14.0. The van der Waals surface area contributed by atoms with E-state index in [4.69, 9.17) is 4.52 Å². The van der Waals surface area contributed by atoms with E-state index in [-0.39, 0.29) is 11.7 Å². The molecule has 120 valence electrons. The molecule has 0 aromatic carbocycles. The fraction of sp³-hybridized carbons (Fsp3) is 0.889. The molecule has 2 saturated carbocycles. The molecule has 2 nitrogen and oxygen atoms in total. The van der Waals surface area contributed by atoms with Gasteiger partial charge in [-0.2, -0.15) is 0 Å². The standard InChI is InChI=1S/C18H31O2P/c1-13(7-5-11-17(2,3)20-21)14-9-10-15-16(19)8-6-12-18(14,15)4/h13-16,19H,6-10,12,21H2,1-4H3/t13-,14-,15?,16?,18-/m1/s1. The molecule has 1 N–H and O–H groups in total. The summed E-state index contributed by atoms with van der Waals surface area (Å²) in [4.78, 5) is 0. The Kier molecular flexibility index (Phi) is 5.40. The maximum absolute atomic E-state index is 10.3. The van der Waals surface area contributed by atoms with E-state index in [2.05, 4.69) is 35.2 Å². The summed E-state index contributed by atoms with van der Waals surface area (Å²) in [6.07, 6.45) is 6.76. The Hall–Kier alpha value is -0.0900. The van der Waals surface area contributed by atoms with Gasteiger partial charge in [-0.3, -0.25) is 0 Å². The van der Waals surface area contributed by atoms with Crippen LogP contribution in [0.2, 0.25) is 0 Å². The third kappa shape index (κ3) is 3.64. The molecule has 0 aliphatic heterocycles. The van der Waals surface area contributed by atoms with Gasteiger partial charge in [0.25, 0.3) is 0 Å². The average molecular weight is 310 g/mol. The third-order valence-corrected chi connectivity index (χ3v) is 6.55. The van der Waals surface area contributed by atoms with Crippen LogP contribution in [-0.2, 0) is 4.52 Å². The molecular weight excluding hydrogens is 279 g/mol. The SMILES string of the molecule is C[C@H](CC#CC(C)(C)OP)[C@H]1CCC2C(O)CCC[C@@]21C. The van der Waals surface area contributed by atoms with Crippen molar-refractivity contribution in [3.05, 3.63) is 0 Å². The Morgan fingerprint density at radius 2 is 2.10 bits per heavy atom. The lowest BCUT2D eigenvalue weighted by molar-refractivity contribution is -0.0264. The number of fused-ring (bicyclic) bond motifs is 1. The molecule has 0 radical (unpaired) electrons. The van der Waals surface area contributed by atoms with Crippen molar-refractivity contribution in [3.8, 4) is 11.8 Å². The minimum atomic E-state index is -0.381. The Balaban J connectivity index is 2.02. The van der Waals surface area contributed by atoms with Crippen LogP contribution < -0.4 is 0 Å². The molecule has 0 aromatic rings. The summed E-state index contributed by atoms with van der Waals surface area (Å²) in [5.41, 5.74) is -0.0566. The number of rotatable bonds is 3. The second kappa shape index (κ2) is 6.57. The van der Waals surface area contributed by atoms with Crippen LogP contribution in [0.4, 0.5) is 0 Å². The summed E-state index contributed by atoms with van der Waals surface area (Å²) in [6, 6.07) is 0. The zero-order valence-corrected chi connectivity index (χ0v) is 15.1. The van der Waals surface area contributed by atoms with Gasteiger partial charge in [-0.05, 0) is 62.7 Å². The smallest absolute Gasteiger partial charge is 0.126 e. The average Bonchev–Trinajstić information content (AvgIpc) is 2.77. The van der Waals surface area contributed by atoms with Crippen molar-refractivity contribution in [2.24, 2.45) is 23.2 Å². The maximum Gasteiger partial charge on any atom is 0.126 e. The first-order chi connectivity index (χ1) is 9.80. The molecule has 21 heavy (non-hydrogen) atoms. The first-order valence-electron chi connectivity index (χ1n) is 8.36. The van der Waals surface area contributed by atoms with Crippen LogP contribution in [0.25, 0.3) is 0 Å². The van der Waals surface area contributed by atoms with E-state index in [1.165, 1.54) is 25.7 Å². The van der Waals surface area contributed by atoms with E-state index in [0.29, 0.717) is 23.2 Å². The highest BCUT2D eigenvalue weighted by molar-refractivity contribution is 7.09. The lowest BCUT2D eigenvalue weighted by Gasteiger charge is -2.45. The predicted molar refractivity (Wildman–Crippen MR) is 90.6 cm³/mol. The van der Waals surface area contributed by atoms with Crippen molar-refractivity contribution in [2.75, 3.05) is 0 Å². The van der Waals surface area contributed by atoms with E-state index in [1.807, 2.05) is 13.8 Å². The predicted octanol–water partition coefficient (Wildman–Crippen LogP) is 4.18. The van der Waals surface area contributed by atoms with Gasteiger partial charge in [-0.1, -0.05) is 32.1 Å². The monoisotopic (exact) mass is 310 g/mol. The quantitative estimate of drug-likeness (QED) is 0.626. The van der Waals surface area contributed by atoms with Crippen molar-refractivity contribution in [2.45, 2.75) is 77.9 Å². The van der Waals surface area contributed by atoms with E-state index in [9.17, 15) is 5.11 Å². The highest BCUT2D eigenvalue weighted by Crippen LogP contribution is 2.58. The fourth-order valence-electron chi connectivity index (χ4n) is 4.72. The second-order valence-electron chi connectivity index (χ2n) is 7.87. The summed E-state index contributed by atoms with van der Waals surface area (Å²) in [6.45, 7) is 8.73. The molecule has 3 unspecified atom stereocenters. The number of hydrogen-bond acceptors (Lipinski definition) is 2. The molecule has 0 saturated heterocycles. The van der Waals surface area contributed by atoms with Crippen molar-refractivity contribution in [1.82, 2.24) is 0 Å². The van der Waals surface area contributed by atoms with Crippen LogP contribution >= 0.6 is 9.47 Å². The minimum absolute atomic E-state index is 0.0727. The molecule has 2 fully saturated rings. The van der Waals surface area contributed by atoms with Gasteiger partial charge in [-0.15, -0.1) is 0 Å². The molecule has 3 heteroatoms. The first-order valence-corrected chi connectivity index (χ1v) is 8.83. The van der Waals surface area contributed by atoms with Gasteiger partial charge in [0, 0.05) is 15.9 Å². The number of aliphatic hydroxyl groups excluding tert-OH is 1. The summed E-state index contributed by atoms with van der Waals surface area (Å²) in [7, 11) is 2.30. The minimum Gasteiger partial charge on any atom is -0.393 e. The summed E-state index contributed by atoms with van der Waals surface area (Å²) in [5, 5.41) is 10.3.